The summed E-state index contributed by atoms with van der Waals surface area (Å²) in [4.78, 5) is 9.98. The van der Waals surface area contributed by atoms with E-state index in [1.54, 1.807) is 22.7 Å². The van der Waals surface area contributed by atoms with Crippen LogP contribution in [0.5, 0.6) is 0 Å². The molecule has 0 amide bonds. The van der Waals surface area contributed by atoms with Crippen molar-refractivity contribution < 1.29 is 0 Å². The standard InChI is InChI=1S/C9H11N3S2/c1-5-9(14-6(2)11-5)7-4-13-8(3-10)12-7/h4H,3,10H2,1-2H3. The van der Waals surface area contributed by atoms with Gasteiger partial charge in [0.05, 0.1) is 21.3 Å². The summed E-state index contributed by atoms with van der Waals surface area (Å²) in [6, 6.07) is 0. The van der Waals surface area contributed by atoms with Gasteiger partial charge in [0, 0.05) is 11.9 Å². The largest absolute Gasteiger partial charge is 0.325 e. The molecule has 14 heavy (non-hydrogen) atoms. The molecule has 2 heterocycles. The number of nitrogens with two attached hydrogens (primary N) is 1. The monoisotopic (exact) mass is 225 g/mol. The third-order valence-corrected chi connectivity index (χ3v) is 3.83. The highest BCUT2D eigenvalue weighted by Crippen LogP contribution is 2.30. The van der Waals surface area contributed by atoms with Gasteiger partial charge >= 0.3 is 0 Å². The quantitative estimate of drug-likeness (QED) is 0.853. The first-order chi connectivity index (χ1) is 6.70. The smallest absolute Gasteiger partial charge is 0.107 e. The zero-order valence-electron chi connectivity index (χ0n) is 8.07. The van der Waals surface area contributed by atoms with Gasteiger partial charge in [0.15, 0.2) is 0 Å². The summed E-state index contributed by atoms with van der Waals surface area (Å²) in [5, 5.41) is 4.10. The molecule has 0 aliphatic carbocycles. The lowest BCUT2D eigenvalue weighted by Crippen LogP contribution is -1.94. The molecule has 0 spiro atoms. The van der Waals surface area contributed by atoms with Crippen molar-refractivity contribution >= 4 is 22.7 Å². The van der Waals surface area contributed by atoms with Crippen LogP contribution < -0.4 is 5.73 Å². The van der Waals surface area contributed by atoms with E-state index in [2.05, 4.69) is 9.97 Å². The zero-order chi connectivity index (χ0) is 10.1. The number of hydrogen-bond donors (Lipinski definition) is 1. The molecular weight excluding hydrogens is 214 g/mol. The summed E-state index contributed by atoms with van der Waals surface area (Å²) < 4.78 is 0. The Morgan fingerprint density at radius 1 is 1.36 bits per heavy atom. The first kappa shape index (κ1) is 9.76. The van der Waals surface area contributed by atoms with Gasteiger partial charge < -0.3 is 5.73 Å². The maximum atomic E-state index is 5.52. The second kappa shape index (κ2) is 3.76. The molecule has 0 atom stereocenters. The maximum Gasteiger partial charge on any atom is 0.107 e. The maximum absolute atomic E-state index is 5.52. The number of nitrogens with zero attached hydrogens (tertiary/aromatic N) is 2. The van der Waals surface area contributed by atoms with Crippen molar-refractivity contribution in [1.29, 1.82) is 0 Å². The predicted octanol–water partition coefficient (Wildman–Crippen LogP) is 2.34. The van der Waals surface area contributed by atoms with E-state index in [9.17, 15) is 0 Å². The fourth-order valence-corrected chi connectivity index (χ4v) is 2.90. The van der Waals surface area contributed by atoms with Crippen LogP contribution in [0.25, 0.3) is 10.6 Å². The van der Waals surface area contributed by atoms with Crippen LogP contribution in [0.3, 0.4) is 0 Å². The van der Waals surface area contributed by atoms with Crippen LogP contribution in [0.2, 0.25) is 0 Å². The molecule has 0 bridgehead atoms. The minimum Gasteiger partial charge on any atom is -0.325 e. The summed E-state index contributed by atoms with van der Waals surface area (Å²) in [7, 11) is 0. The molecule has 0 aliphatic heterocycles. The molecule has 2 aromatic heterocycles. The molecule has 2 N–H and O–H groups in total. The lowest BCUT2D eigenvalue weighted by molar-refractivity contribution is 1.04. The van der Waals surface area contributed by atoms with Crippen LogP contribution >= 0.6 is 22.7 Å². The molecule has 5 heteroatoms. The Balaban J connectivity index is 2.43. The number of hydrogen-bond acceptors (Lipinski definition) is 5. The summed E-state index contributed by atoms with van der Waals surface area (Å²) in [5.74, 6) is 0. The van der Waals surface area contributed by atoms with Crippen LogP contribution in [0, 0.1) is 13.8 Å². The van der Waals surface area contributed by atoms with Crippen LogP contribution in [-0.4, -0.2) is 9.97 Å². The Kier molecular flexibility index (Phi) is 2.62. The van der Waals surface area contributed by atoms with Gasteiger partial charge in [-0.2, -0.15) is 0 Å². The van der Waals surface area contributed by atoms with Crippen LogP contribution in [-0.2, 0) is 6.54 Å². The van der Waals surface area contributed by atoms with Crippen molar-refractivity contribution in [2.45, 2.75) is 20.4 Å². The Morgan fingerprint density at radius 3 is 2.64 bits per heavy atom. The minimum absolute atomic E-state index is 0.515. The number of aryl methyl sites for hydroxylation is 2. The highest BCUT2D eigenvalue weighted by atomic mass is 32.1. The van der Waals surface area contributed by atoms with Gasteiger partial charge in [-0.05, 0) is 13.8 Å². The minimum atomic E-state index is 0.515. The third kappa shape index (κ3) is 1.70. The summed E-state index contributed by atoms with van der Waals surface area (Å²) in [5.41, 5.74) is 7.59. The lowest BCUT2D eigenvalue weighted by Gasteiger charge is -1.90. The van der Waals surface area contributed by atoms with Gasteiger partial charge in [0.1, 0.15) is 5.01 Å². The van der Waals surface area contributed by atoms with Crippen molar-refractivity contribution in [2.24, 2.45) is 5.73 Å². The zero-order valence-corrected chi connectivity index (χ0v) is 9.71. The molecule has 0 radical (unpaired) electrons. The molecular formula is C9H11N3S2. The van der Waals surface area contributed by atoms with Crippen molar-refractivity contribution in [3.05, 3.63) is 21.1 Å². The molecule has 0 saturated heterocycles. The molecule has 0 aromatic carbocycles. The van der Waals surface area contributed by atoms with Gasteiger partial charge in [-0.1, -0.05) is 0 Å². The molecule has 0 fully saturated rings. The average Bonchev–Trinajstić information content (AvgIpc) is 2.71. The third-order valence-electron chi connectivity index (χ3n) is 1.86. The second-order valence-corrected chi connectivity index (χ2v) is 5.12. The Bertz CT molecular complexity index is 445. The first-order valence-corrected chi connectivity index (χ1v) is 5.99. The number of rotatable bonds is 2. The molecule has 0 saturated carbocycles. The van der Waals surface area contributed by atoms with E-state index in [0.29, 0.717) is 6.54 Å². The van der Waals surface area contributed by atoms with E-state index < -0.39 is 0 Å². The SMILES string of the molecule is Cc1nc(C)c(-c2csc(CN)n2)s1. The average molecular weight is 225 g/mol. The van der Waals surface area contributed by atoms with Gasteiger partial charge in [0.25, 0.3) is 0 Å². The fraction of sp³-hybridized carbons (Fsp3) is 0.333. The Morgan fingerprint density at radius 2 is 2.14 bits per heavy atom. The molecule has 3 nitrogen and oxygen atoms in total. The van der Waals surface area contributed by atoms with Crippen molar-refractivity contribution in [1.82, 2.24) is 9.97 Å². The number of aromatic nitrogens is 2. The molecule has 0 aliphatic rings. The fourth-order valence-electron chi connectivity index (χ4n) is 1.28. The highest BCUT2D eigenvalue weighted by Gasteiger charge is 2.10. The van der Waals surface area contributed by atoms with E-state index in [-0.39, 0.29) is 0 Å². The van der Waals surface area contributed by atoms with Gasteiger partial charge in [-0.15, -0.1) is 22.7 Å². The lowest BCUT2D eigenvalue weighted by atomic mass is 10.3. The van der Waals surface area contributed by atoms with Gasteiger partial charge in [-0.25, -0.2) is 9.97 Å². The van der Waals surface area contributed by atoms with Crippen LogP contribution in [0.1, 0.15) is 15.7 Å². The summed E-state index contributed by atoms with van der Waals surface area (Å²) in [6.45, 7) is 4.54. The highest BCUT2D eigenvalue weighted by molar-refractivity contribution is 7.15. The van der Waals surface area contributed by atoms with E-state index in [4.69, 9.17) is 5.73 Å². The molecule has 0 unspecified atom stereocenters. The molecule has 2 rings (SSSR count). The summed E-state index contributed by atoms with van der Waals surface area (Å²) in [6.07, 6.45) is 0. The van der Waals surface area contributed by atoms with E-state index in [1.165, 1.54) is 4.88 Å². The van der Waals surface area contributed by atoms with Crippen molar-refractivity contribution in [3.63, 3.8) is 0 Å². The van der Waals surface area contributed by atoms with Gasteiger partial charge in [-0.3, -0.25) is 0 Å². The molecule has 2 aromatic rings. The first-order valence-electron chi connectivity index (χ1n) is 4.29. The van der Waals surface area contributed by atoms with Crippen molar-refractivity contribution in [2.75, 3.05) is 0 Å². The normalized spacial score (nSPS) is 10.8. The van der Waals surface area contributed by atoms with Crippen LogP contribution in [0.15, 0.2) is 5.38 Å². The Hall–Kier alpha value is -0.780. The van der Waals surface area contributed by atoms with Crippen molar-refractivity contribution in [3.8, 4) is 10.6 Å². The topological polar surface area (TPSA) is 51.8 Å². The molecule has 74 valence electrons. The summed E-state index contributed by atoms with van der Waals surface area (Å²) >= 11 is 3.29. The van der Waals surface area contributed by atoms with E-state index in [0.717, 1.165) is 21.4 Å². The number of thiazole rings is 2. The van der Waals surface area contributed by atoms with Crippen LogP contribution in [0.4, 0.5) is 0 Å². The van der Waals surface area contributed by atoms with E-state index in [1.807, 2.05) is 19.2 Å². The predicted molar refractivity (Wildman–Crippen MR) is 60.6 cm³/mol. The Labute approximate surface area is 90.6 Å². The second-order valence-electron chi connectivity index (χ2n) is 2.98. The van der Waals surface area contributed by atoms with E-state index >= 15 is 0 Å². The van der Waals surface area contributed by atoms with Gasteiger partial charge in [0.2, 0.25) is 0 Å².